The number of rotatable bonds is 10. The monoisotopic (exact) mass is 361 g/mol. The van der Waals surface area contributed by atoms with Crippen molar-refractivity contribution in [3.63, 3.8) is 0 Å². The Hall–Kier alpha value is -0.660. The molecule has 0 saturated heterocycles. The zero-order valence-corrected chi connectivity index (χ0v) is 16.1. The fourth-order valence-electron chi connectivity index (χ4n) is 2.26. The molecular weight excluding hydrogens is 334 g/mol. The number of hydrogen-bond donors (Lipinski definition) is 0. The van der Waals surface area contributed by atoms with E-state index in [0.29, 0.717) is 18.1 Å². The molecule has 0 atom stereocenters. The van der Waals surface area contributed by atoms with Crippen LogP contribution in [-0.4, -0.2) is 76.9 Å². The smallest absolute Gasteiger partial charge is 0.243 e. The van der Waals surface area contributed by atoms with Crippen molar-refractivity contribution in [1.82, 2.24) is 14.1 Å². The molecular formula is C16H28ClN3O2S. The number of nitrogens with zero attached hydrogens (tertiary/aromatic N) is 3. The number of hydrogen-bond acceptors (Lipinski definition) is 4. The van der Waals surface area contributed by atoms with Gasteiger partial charge in [0.15, 0.2) is 0 Å². The maximum Gasteiger partial charge on any atom is 0.243 e. The third-order valence-corrected chi connectivity index (χ3v) is 5.59. The molecule has 1 rings (SSSR count). The third kappa shape index (κ3) is 7.18. The highest BCUT2D eigenvalue weighted by Gasteiger charge is 2.24. The summed E-state index contributed by atoms with van der Waals surface area (Å²) in [7, 11) is 4.44. The Morgan fingerprint density at radius 1 is 0.913 bits per heavy atom. The van der Waals surface area contributed by atoms with Crippen LogP contribution in [0.3, 0.4) is 0 Å². The predicted molar refractivity (Wildman–Crippen MR) is 96.6 cm³/mol. The highest BCUT2D eigenvalue weighted by molar-refractivity contribution is 7.89. The fraction of sp³-hybridized carbons (Fsp3) is 0.625. The van der Waals surface area contributed by atoms with Crippen molar-refractivity contribution >= 4 is 21.6 Å². The molecule has 0 N–H and O–H groups in total. The van der Waals surface area contributed by atoms with Crippen molar-refractivity contribution < 1.29 is 8.42 Å². The summed E-state index contributed by atoms with van der Waals surface area (Å²) in [5.74, 6) is 0. The first-order chi connectivity index (χ1) is 10.7. The third-order valence-electron chi connectivity index (χ3n) is 3.46. The van der Waals surface area contributed by atoms with Crippen LogP contribution in [0.5, 0.6) is 0 Å². The van der Waals surface area contributed by atoms with Crippen LogP contribution in [0.1, 0.15) is 12.8 Å². The molecule has 0 amide bonds. The summed E-state index contributed by atoms with van der Waals surface area (Å²) in [5.41, 5.74) is 0. The van der Waals surface area contributed by atoms with Gasteiger partial charge >= 0.3 is 0 Å². The number of benzene rings is 1. The zero-order chi connectivity index (χ0) is 17.5. The Kier molecular flexibility index (Phi) is 8.50. The molecule has 0 radical (unpaired) electrons. The molecule has 0 bridgehead atoms. The van der Waals surface area contributed by atoms with Crippen molar-refractivity contribution in [3.8, 4) is 0 Å². The van der Waals surface area contributed by atoms with Crippen molar-refractivity contribution in [2.75, 3.05) is 54.4 Å². The van der Waals surface area contributed by atoms with Crippen LogP contribution in [0.4, 0.5) is 0 Å². The van der Waals surface area contributed by atoms with Gasteiger partial charge in [-0.1, -0.05) is 17.7 Å². The molecule has 0 fully saturated rings. The SMILES string of the molecule is CN(C)CCCN(CCCN(C)C)S(=O)(=O)c1cccc(Cl)c1. The first-order valence-electron chi connectivity index (χ1n) is 7.78. The molecule has 0 aromatic heterocycles. The van der Waals surface area contributed by atoms with Crippen LogP contribution in [-0.2, 0) is 10.0 Å². The Labute approximate surface area is 145 Å². The largest absolute Gasteiger partial charge is 0.309 e. The second-order valence-electron chi connectivity index (χ2n) is 6.18. The summed E-state index contributed by atoms with van der Waals surface area (Å²) in [6.45, 7) is 2.74. The van der Waals surface area contributed by atoms with Crippen molar-refractivity contribution in [3.05, 3.63) is 29.3 Å². The fourth-order valence-corrected chi connectivity index (χ4v) is 4.07. The van der Waals surface area contributed by atoms with Gasteiger partial charge in [-0.05, 0) is 72.3 Å². The van der Waals surface area contributed by atoms with Gasteiger partial charge in [0.05, 0.1) is 4.90 Å². The molecule has 5 nitrogen and oxygen atoms in total. The van der Waals surface area contributed by atoms with Gasteiger partial charge in [0.25, 0.3) is 0 Å². The second kappa shape index (κ2) is 9.59. The van der Waals surface area contributed by atoms with Gasteiger partial charge < -0.3 is 9.80 Å². The van der Waals surface area contributed by atoms with Crippen LogP contribution in [0.2, 0.25) is 5.02 Å². The Bertz CT molecular complexity index is 562. The second-order valence-corrected chi connectivity index (χ2v) is 8.55. The molecule has 1 aromatic rings. The molecule has 0 heterocycles. The minimum Gasteiger partial charge on any atom is -0.309 e. The molecule has 0 aliphatic heterocycles. The molecule has 1 aromatic carbocycles. The summed E-state index contributed by atoms with van der Waals surface area (Å²) in [5, 5.41) is 0.438. The van der Waals surface area contributed by atoms with Gasteiger partial charge in [0.1, 0.15) is 0 Å². The van der Waals surface area contributed by atoms with E-state index >= 15 is 0 Å². The summed E-state index contributed by atoms with van der Waals surface area (Å²) >= 11 is 5.95. The number of halogens is 1. The molecule has 23 heavy (non-hydrogen) atoms. The highest BCUT2D eigenvalue weighted by Crippen LogP contribution is 2.20. The van der Waals surface area contributed by atoms with Gasteiger partial charge in [-0.15, -0.1) is 0 Å². The van der Waals surface area contributed by atoms with Crippen LogP contribution in [0, 0.1) is 0 Å². The van der Waals surface area contributed by atoms with Crippen LogP contribution >= 0.6 is 11.6 Å². The lowest BCUT2D eigenvalue weighted by Gasteiger charge is -2.24. The maximum absolute atomic E-state index is 12.9. The average Bonchev–Trinajstić information content (AvgIpc) is 2.45. The quantitative estimate of drug-likeness (QED) is 0.641. The zero-order valence-electron chi connectivity index (χ0n) is 14.5. The van der Waals surface area contributed by atoms with Crippen molar-refractivity contribution in [2.45, 2.75) is 17.7 Å². The summed E-state index contributed by atoms with van der Waals surface area (Å²) in [4.78, 5) is 4.38. The highest BCUT2D eigenvalue weighted by atomic mass is 35.5. The first kappa shape index (κ1) is 20.4. The van der Waals surface area contributed by atoms with Crippen LogP contribution in [0.15, 0.2) is 29.2 Å². The summed E-state index contributed by atoms with van der Waals surface area (Å²) in [6.07, 6.45) is 1.60. The van der Waals surface area contributed by atoms with E-state index in [1.807, 2.05) is 28.2 Å². The minimum absolute atomic E-state index is 0.264. The topological polar surface area (TPSA) is 43.9 Å². The van der Waals surface area contributed by atoms with Crippen LogP contribution in [0.25, 0.3) is 0 Å². The Balaban J connectivity index is 2.86. The predicted octanol–water partition coefficient (Wildman–Crippen LogP) is 2.23. The van der Waals surface area contributed by atoms with Crippen molar-refractivity contribution in [1.29, 1.82) is 0 Å². The number of sulfonamides is 1. The summed E-state index contributed by atoms with van der Waals surface area (Å²) in [6, 6.07) is 6.48. The molecule has 0 aliphatic rings. The van der Waals surface area contributed by atoms with E-state index in [1.54, 1.807) is 22.5 Å². The van der Waals surface area contributed by atoms with Gasteiger partial charge in [0, 0.05) is 18.1 Å². The van der Waals surface area contributed by atoms with E-state index in [9.17, 15) is 8.42 Å². The summed E-state index contributed by atoms with van der Waals surface area (Å²) < 4.78 is 27.3. The lowest BCUT2D eigenvalue weighted by molar-refractivity contribution is 0.326. The van der Waals surface area contributed by atoms with E-state index in [2.05, 4.69) is 9.80 Å². The average molecular weight is 362 g/mol. The van der Waals surface area contributed by atoms with E-state index in [1.165, 1.54) is 6.07 Å². The van der Waals surface area contributed by atoms with Gasteiger partial charge in [-0.25, -0.2) is 8.42 Å². The maximum atomic E-state index is 12.9. The molecule has 0 saturated carbocycles. The first-order valence-corrected chi connectivity index (χ1v) is 9.60. The lowest BCUT2D eigenvalue weighted by atomic mass is 10.3. The molecule has 132 valence electrons. The Morgan fingerprint density at radius 2 is 1.43 bits per heavy atom. The van der Waals surface area contributed by atoms with E-state index in [4.69, 9.17) is 11.6 Å². The van der Waals surface area contributed by atoms with Gasteiger partial charge in [-0.2, -0.15) is 4.31 Å². The van der Waals surface area contributed by atoms with Crippen LogP contribution < -0.4 is 0 Å². The van der Waals surface area contributed by atoms with Gasteiger partial charge in [-0.3, -0.25) is 0 Å². The van der Waals surface area contributed by atoms with E-state index in [-0.39, 0.29) is 4.90 Å². The molecule has 0 spiro atoms. The molecule has 0 unspecified atom stereocenters. The molecule has 0 aliphatic carbocycles. The van der Waals surface area contributed by atoms with Gasteiger partial charge in [0.2, 0.25) is 10.0 Å². The van der Waals surface area contributed by atoms with E-state index < -0.39 is 10.0 Å². The lowest BCUT2D eigenvalue weighted by Crippen LogP contribution is -2.35. The standard InChI is InChI=1S/C16H28ClN3O2S/c1-18(2)10-6-12-20(13-7-11-19(3)4)23(21,22)16-9-5-8-15(17)14-16/h5,8-9,14H,6-7,10-13H2,1-4H3. The normalized spacial score (nSPS) is 12.5. The van der Waals surface area contributed by atoms with E-state index in [0.717, 1.165) is 25.9 Å². The molecule has 7 heteroatoms. The minimum atomic E-state index is -3.51. The Morgan fingerprint density at radius 3 is 1.87 bits per heavy atom. The van der Waals surface area contributed by atoms with Crippen molar-refractivity contribution in [2.24, 2.45) is 0 Å².